The summed E-state index contributed by atoms with van der Waals surface area (Å²) in [5, 5.41) is 6.31. The zero-order valence-corrected chi connectivity index (χ0v) is 18.7. The molecule has 2 aliphatic rings. The van der Waals surface area contributed by atoms with E-state index in [-0.39, 0.29) is 35.7 Å². The molecule has 2 fully saturated rings. The number of benzene rings is 1. The molecule has 1 aliphatic heterocycles. The molecule has 1 saturated heterocycles. The first-order chi connectivity index (χ1) is 15.0. The zero-order chi connectivity index (χ0) is 22.2. The Bertz CT molecular complexity index is 765. The fourth-order valence-corrected chi connectivity index (χ4v) is 4.56. The van der Waals surface area contributed by atoms with Crippen LogP contribution in [-0.4, -0.2) is 54.9 Å². The minimum atomic E-state index is -0.172. The van der Waals surface area contributed by atoms with Crippen molar-refractivity contribution in [2.45, 2.75) is 70.4 Å². The summed E-state index contributed by atoms with van der Waals surface area (Å²) in [6, 6.07) is 6.86. The Balaban J connectivity index is 1.57. The number of piperidine rings is 1. The molecule has 1 aromatic rings. The minimum absolute atomic E-state index is 0.00425. The number of hydrogen-bond acceptors (Lipinski definition) is 4. The summed E-state index contributed by atoms with van der Waals surface area (Å²) in [5.74, 6) is 0.544. The van der Waals surface area contributed by atoms with E-state index in [1.807, 2.05) is 11.8 Å². The van der Waals surface area contributed by atoms with Gasteiger partial charge in [-0.05, 0) is 56.4 Å². The van der Waals surface area contributed by atoms with Crippen LogP contribution in [0.2, 0.25) is 0 Å². The molecule has 3 atom stereocenters. The van der Waals surface area contributed by atoms with Gasteiger partial charge in [0, 0.05) is 37.2 Å². The highest BCUT2D eigenvalue weighted by Crippen LogP contribution is 2.22. The van der Waals surface area contributed by atoms with Gasteiger partial charge in [0.25, 0.3) is 5.91 Å². The number of rotatable bonds is 7. The van der Waals surface area contributed by atoms with Crippen LogP contribution in [0, 0.1) is 5.92 Å². The molecule has 3 rings (SSSR count). The lowest BCUT2D eigenvalue weighted by Gasteiger charge is -2.36. The fourth-order valence-electron chi connectivity index (χ4n) is 4.56. The van der Waals surface area contributed by atoms with Gasteiger partial charge in [0.15, 0.2) is 0 Å². The van der Waals surface area contributed by atoms with E-state index in [1.165, 1.54) is 0 Å². The van der Waals surface area contributed by atoms with Crippen LogP contribution in [0.5, 0.6) is 5.75 Å². The first kappa shape index (κ1) is 23.1. The predicted octanol–water partition coefficient (Wildman–Crippen LogP) is 2.89. The van der Waals surface area contributed by atoms with Gasteiger partial charge in [-0.2, -0.15) is 0 Å². The highest BCUT2D eigenvalue weighted by Gasteiger charge is 2.33. The molecule has 2 N–H and O–H groups in total. The van der Waals surface area contributed by atoms with Gasteiger partial charge < -0.3 is 20.3 Å². The number of ether oxygens (including phenoxy) is 1. The third-order valence-electron chi connectivity index (χ3n) is 6.37. The second-order valence-electron chi connectivity index (χ2n) is 8.64. The van der Waals surface area contributed by atoms with Gasteiger partial charge in [-0.25, -0.2) is 0 Å². The molecular formula is C24H35N3O4. The summed E-state index contributed by atoms with van der Waals surface area (Å²) in [6.07, 6.45) is 6.78. The van der Waals surface area contributed by atoms with Crippen molar-refractivity contribution in [1.82, 2.24) is 15.5 Å². The normalized spacial score (nSPS) is 23.7. The second-order valence-corrected chi connectivity index (χ2v) is 8.64. The summed E-state index contributed by atoms with van der Waals surface area (Å²) < 4.78 is 5.15. The van der Waals surface area contributed by atoms with E-state index in [0.29, 0.717) is 24.3 Å². The van der Waals surface area contributed by atoms with Gasteiger partial charge in [0.2, 0.25) is 11.8 Å². The summed E-state index contributed by atoms with van der Waals surface area (Å²) in [6.45, 7) is 3.24. The molecule has 7 nitrogen and oxygen atoms in total. The molecule has 1 saturated carbocycles. The zero-order valence-electron chi connectivity index (χ0n) is 18.7. The van der Waals surface area contributed by atoms with Crippen molar-refractivity contribution in [3.63, 3.8) is 0 Å². The molecule has 0 spiro atoms. The van der Waals surface area contributed by atoms with Crippen molar-refractivity contribution in [1.29, 1.82) is 0 Å². The van der Waals surface area contributed by atoms with Crippen molar-refractivity contribution in [3.05, 3.63) is 29.8 Å². The molecule has 170 valence electrons. The van der Waals surface area contributed by atoms with Gasteiger partial charge in [-0.3, -0.25) is 14.4 Å². The number of amides is 3. The number of carbonyl (C=O) groups is 3. The Morgan fingerprint density at radius 1 is 1.00 bits per heavy atom. The molecule has 0 radical (unpaired) electrons. The SMILES string of the molecule is CCCC(=O)N1CCCC(C(=O)N[C@@H]2CCCC[C@H]2NC(=O)c2ccc(OC)cc2)C1. The number of carbonyl (C=O) groups excluding carboxylic acids is 3. The molecule has 7 heteroatoms. The van der Waals surface area contributed by atoms with Crippen LogP contribution in [0.15, 0.2) is 24.3 Å². The number of nitrogens with zero attached hydrogens (tertiary/aromatic N) is 1. The van der Waals surface area contributed by atoms with E-state index >= 15 is 0 Å². The Kier molecular flexibility index (Phi) is 8.32. The van der Waals surface area contributed by atoms with Crippen molar-refractivity contribution < 1.29 is 19.1 Å². The van der Waals surface area contributed by atoms with E-state index in [0.717, 1.165) is 51.5 Å². The summed E-state index contributed by atoms with van der Waals surface area (Å²) >= 11 is 0. The standard InChI is InChI=1S/C24H35N3O4/c1-3-7-22(28)27-15-6-8-18(16-27)24(30)26-21-10-5-4-9-20(21)25-23(29)17-11-13-19(31-2)14-12-17/h11-14,18,20-21H,3-10,15-16H2,1-2H3,(H,25,29)(H,26,30)/t18?,20-,21-/m1/s1. The monoisotopic (exact) mass is 429 g/mol. The molecule has 3 amide bonds. The number of methoxy groups -OCH3 is 1. The van der Waals surface area contributed by atoms with Crippen molar-refractivity contribution >= 4 is 17.7 Å². The Morgan fingerprint density at radius 2 is 1.68 bits per heavy atom. The van der Waals surface area contributed by atoms with Crippen LogP contribution >= 0.6 is 0 Å². The Hall–Kier alpha value is -2.57. The van der Waals surface area contributed by atoms with Crippen LogP contribution in [0.3, 0.4) is 0 Å². The van der Waals surface area contributed by atoms with E-state index in [2.05, 4.69) is 10.6 Å². The predicted molar refractivity (Wildman–Crippen MR) is 119 cm³/mol. The van der Waals surface area contributed by atoms with E-state index in [1.54, 1.807) is 31.4 Å². The number of nitrogens with one attached hydrogen (secondary N) is 2. The fraction of sp³-hybridized carbons (Fsp3) is 0.625. The first-order valence-corrected chi connectivity index (χ1v) is 11.5. The summed E-state index contributed by atoms with van der Waals surface area (Å²) in [5.41, 5.74) is 0.578. The maximum atomic E-state index is 13.0. The molecule has 1 heterocycles. The van der Waals surface area contributed by atoms with Gasteiger partial charge in [-0.1, -0.05) is 19.8 Å². The molecule has 31 heavy (non-hydrogen) atoms. The van der Waals surface area contributed by atoms with Gasteiger partial charge in [0.1, 0.15) is 5.75 Å². The summed E-state index contributed by atoms with van der Waals surface area (Å²) in [7, 11) is 1.59. The quantitative estimate of drug-likeness (QED) is 0.698. The van der Waals surface area contributed by atoms with E-state index in [4.69, 9.17) is 4.74 Å². The highest BCUT2D eigenvalue weighted by molar-refractivity contribution is 5.94. The van der Waals surface area contributed by atoms with E-state index < -0.39 is 0 Å². The average molecular weight is 430 g/mol. The largest absolute Gasteiger partial charge is 0.497 e. The lowest BCUT2D eigenvalue weighted by Crippen LogP contribution is -2.55. The highest BCUT2D eigenvalue weighted by atomic mass is 16.5. The molecule has 1 aromatic carbocycles. The smallest absolute Gasteiger partial charge is 0.251 e. The molecular weight excluding hydrogens is 394 g/mol. The van der Waals surface area contributed by atoms with Crippen molar-refractivity contribution in [3.8, 4) is 5.75 Å². The molecule has 1 unspecified atom stereocenters. The van der Waals surface area contributed by atoms with Gasteiger partial charge >= 0.3 is 0 Å². The minimum Gasteiger partial charge on any atom is -0.497 e. The molecule has 0 aromatic heterocycles. The van der Waals surface area contributed by atoms with Gasteiger partial charge in [-0.15, -0.1) is 0 Å². The van der Waals surface area contributed by atoms with Crippen molar-refractivity contribution in [2.24, 2.45) is 5.92 Å². The van der Waals surface area contributed by atoms with E-state index in [9.17, 15) is 14.4 Å². The van der Waals surface area contributed by atoms with Crippen LogP contribution < -0.4 is 15.4 Å². The maximum absolute atomic E-state index is 13.0. The summed E-state index contributed by atoms with van der Waals surface area (Å²) in [4.78, 5) is 39.8. The topological polar surface area (TPSA) is 87.7 Å². The molecule has 1 aliphatic carbocycles. The van der Waals surface area contributed by atoms with Crippen LogP contribution in [0.1, 0.15) is 68.6 Å². The van der Waals surface area contributed by atoms with Gasteiger partial charge in [0.05, 0.1) is 13.0 Å². The number of likely N-dealkylation sites (tertiary alicyclic amines) is 1. The second kappa shape index (κ2) is 11.2. The lowest BCUT2D eigenvalue weighted by molar-refractivity contribution is -0.136. The molecule has 0 bridgehead atoms. The van der Waals surface area contributed by atoms with Crippen LogP contribution in [0.25, 0.3) is 0 Å². The third-order valence-corrected chi connectivity index (χ3v) is 6.37. The first-order valence-electron chi connectivity index (χ1n) is 11.5. The van der Waals surface area contributed by atoms with Crippen LogP contribution in [0.4, 0.5) is 0 Å². The maximum Gasteiger partial charge on any atom is 0.251 e. The Labute approximate surface area is 184 Å². The lowest BCUT2D eigenvalue weighted by atomic mass is 9.88. The Morgan fingerprint density at radius 3 is 2.32 bits per heavy atom. The van der Waals surface area contributed by atoms with Crippen LogP contribution in [-0.2, 0) is 9.59 Å². The average Bonchev–Trinajstić information content (AvgIpc) is 2.80. The number of hydrogen-bond donors (Lipinski definition) is 2. The third kappa shape index (κ3) is 6.21. The van der Waals surface area contributed by atoms with Crippen molar-refractivity contribution in [2.75, 3.05) is 20.2 Å².